The second kappa shape index (κ2) is 11.3. The molecule has 0 radical (unpaired) electrons. The Balaban J connectivity index is 2.18. The molecule has 2 aromatic carbocycles. The van der Waals surface area contributed by atoms with Gasteiger partial charge in [0.25, 0.3) is 20.2 Å². The molecule has 0 aliphatic heterocycles. The van der Waals surface area contributed by atoms with Crippen molar-refractivity contribution in [1.82, 2.24) is 5.32 Å². The summed E-state index contributed by atoms with van der Waals surface area (Å²) < 4.78 is 63.4. The van der Waals surface area contributed by atoms with Crippen LogP contribution < -0.4 is 5.32 Å². The fourth-order valence-corrected chi connectivity index (χ4v) is 3.89. The molecule has 1 atom stereocenters. The fraction of sp³-hybridized carbons (Fsp3) is 0.435. The highest BCUT2D eigenvalue weighted by Gasteiger charge is 2.21. The number of nitrogens with one attached hydrogen (secondary N) is 1. The van der Waals surface area contributed by atoms with Crippen LogP contribution in [-0.4, -0.2) is 45.1 Å². The number of hydrogen-bond donors (Lipinski definition) is 2. The predicted molar refractivity (Wildman–Crippen MR) is 128 cm³/mol. The minimum absolute atomic E-state index is 0.0890. The Morgan fingerprint density at radius 3 is 1.97 bits per heavy atom. The predicted octanol–water partition coefficient (Wildman–Crippen LogP) is 3.40. The summed E-state index contributed by atoms with van der Waals surface area (Å²) in [7, 11) is -7.60. The van der Waals surface area contributed by atoms with Crippen LogP contribution in [0.25, 0.3) is 0 Å². The number of rotatable bonds is 10. The molecule has 0 aliphatic carbocycles. The van der Waals surface area contributed by atoms with Crippen molar-refractivity contribution in [2.45, 2.75) is 51.9 Å². The van der Waals surface area contributed by atoms with Crippen molar-refractivity contribution >= 4 is 26.3 Å². The van der Waals surface area contributed by atoms with E-state index in [0.29, 0.717) is 12.0 Å². The molecule has 0 saturated heterocycles. The van der Waals surface area contributed by atoms with Gasteiger partial charge in [-0.3, -0.25) is 8.74 Å². The van der Waals surface area contributed by atoms with E-state index in [4.69, 9.17) is 13.5 Å². The molecule has 0 aliphatic rings. The lowest BCUT2D eigenvalue weighted by Gasteiger charge is -2.24. The van der Waals surface area contributed by atoms with Crippen LogP contribution in [0.1, 0.15) is 49.1 Å². The molecule has 2 N–H and O–H groups in total. The van der Waals surface area contributed by atoms with Crippen molar-refractivity contribution < 1.29 is 35.1 Å². The molecule has 9 nitrogen and oxygen atoms in total. The first-order chi connectivity index (χ1) is 15.6. The molecule has 0 saturated carbocycles. The minimum atomic E-state index is -4.04. The highest BCUT2D eigenvalue weighted by atomic mass is 32.2. The third kappa shape index (κ3) is 11.1. The lowest BCUT2D eigenvalue weighted by molar-refractivity contribution is 0.0503. The maximum Gasteiger partial charge on any atom is 0.408 e. The number of benzene rings is 2. The van der Waals surface area contributed by atoms with Gasteiger partial charge in [0, 0.05) is 0 Å². The molecule has 0 spiro atoms. The zero-order valence-corrected chi connectivity index (χ0v) is 21.3. The Morgan fingerprint density at radius 1 is 0.941 bits per heavy atom. The van der Waals surface area contributed by atoms with E-state index < -0.39 is 38.0 Å². The first-order valence-electron chi connectivity index (χ1n) is 10.6. The molecule has 0 fully saturated rings. The minimum Gasteiger partial charge on any atom is -0.444 e. The average Bonchev–Trinajstić information content (AvgIpc) is 2.69. The van der Waals surface area contributed by atoms with Gasteiger partial charge in [0.2, 0.25) is 0 Å². The van der Waals surface area contributed by atoms with Crippen LogP contribution in [0.5, 0.6) is 0 Å². The summed E-state index contributed by atoms with van der Waals surface area (Å²) in [4.78, 5) is 12.4. The third-order valence-corrected chi connectivity index (χ3v) is 5.89. The van der Waals surface area contributed by atoms with Crippen LogP contribution in [0.3, 0.4) is 0 Å². The molecule has 0 bridgehead atoms. The van der Waals surface area contributed by atoms with Crippen molar-refractivity contribution in [3.8, 4) is 0 Å². The van der Waals surface area contributed by atoms with E-state index in [1.54, 1.807) is 57.2 Å². The van der Waals surface area contributed by atoms with Crippen molar-refractivity contribution in [3.63, 3.8) is 0 Å². The van der Waals surface area contributed by atoms with Gasteiger partial charge in [-0.05, 0) is 55.9 Å². The SMILES string of the molecule is CC(C)(C)OC(=O)NC(Cc1ccc(CCS(=O)(=O)O)cc1)c1ccc(COS(C)(=O)=O)cc1. The summed E-state index contributed by atoms with van der Waals surface area (Å²) in [5.74, 6) is -0.357. The largest absolute Gasteiger partial charge is 0.444 e. The van der Waals surface area contributed by atoms with E-state index in [-0.39, 0.29) is 18.8 Å². The highest BCUT2D eigenvalue weighted by Crippen LogP contribution is 2.21. The summed E-state index contributed by atoms with van der Waals surface area (Å²) in [6, 6.07) is 13.8. The molecule has 11 heteroatoms. The molecule has 2 rings (SSSR count). The lowest BCUT2D eigenvalue weighted by atomic mass is 9.97. The van der Waals surface area contributed by atoms with Crippen molar-refractivity contribution in [3.05, 3.63) is 70.8 Å². The van der Waals surface area contributed by atoms with Gasteiger partial charge >= 0.3 is 6.09 Å². The fourth-order valence-electron chi connectivity index (χ4n) is 3.05. The summed E-state index contributed by atoms with van der Waals surface area (Å²) in [5.41, 5.74) is 2.42. The number of aryl methyl sites for hydroxylation is 1. The Labute approximate surface area is 201 Å². The van der Waals surface area contributed by atoms with Gasteiger partial charge in [-0.15, -0.1) is 0 Å². The number of alkyl carbamates (subject to hydrolysis) is 1. The maximum absolute atomic E-state index is 12.4. The average molecular weight is 514 g/mol. The lowest BCUT2D eigenvalue weighted by Crippen LogP contribution is -2.35. The third-order valence-electron chi connectivity index (χ3n) is 4.62. The van der Waals surface area contributed by atoms with Gasteiger partial charge < -0.3 is 10.1 Å². The van der Waals surface area contributed by atoms with E-state index in [9.17, 15) is 21.6 Å². The molecule has 188 valence electrons. The molecule has 1 unspecified atom stereocenters. The Bertz CT molecular complexity index is 1170. The molecular weight excluding hydrogens is 482 g/mol. The zero-order chi connectivity index (χ0) is 25.6. The smallest absolute Gasteiger partial charge is 0.408 e. The van der Waals surface area contributed by atoms with Gasteiger partial charge in [-0.25, -0.2) is 4.79 Å². The number of ether oxygens (including phenoxy) is 1. The summed E-state index contributed by atoms with van der Waals surface area (Å²) >= 11 is 0. The van der Waals surface area contributed by atoms with Crippen LogP contribution >= 0.6 is 0 Å². The normalized spacial score (nSPS) is 13.3. The Hall–Kier alpha value is -2.47. The van der Waals surface area contributed by atoms with Crippen LogP contribution in [0.4, 0.5) is 4.79 Å². The second-order valence-electron chi connectivity index (χ2n) is 8.96. The van der Waals surface area contributed by atoms with E-state index in [2.05, 4.69) is 5.32 Å². The van der Waals surface area contributed by atoms with Gasteiger partial charge in [0.05, 0.1) is 24.7 Å². The van der Waals surface area contributed by atoms with Crippen molar-refractivity contribution in [2.75, 3.05) is 12.0 Å². The van der Waals surface area contributed by atoms with Crippen LogP contribution in [0.2, 0.25) is 0 Å². The van der Waals surface area contributed by atoms with Gasteiger partial charge in [-0.1, -0.05) is 48.5 Å². The van der Waals surface area contributed by atoms with Gasteiger partial charge in [0.15, 0.2) is 0 Å². The number of carbonyl (C=O) groups excluding carboxylic acids is 1. The quantitative estimate of drug-likeness (QED) is 0.364. The topological polar surface area (TPSA) is 136 Å². The van der Waals surface area contributed by atoms with Crippen LogP contribution in [0, 0.1) is 0 Å². The summed E-state index contributed by atoms with van der Waals surface area (Å²) in [5, 5.41) is 2.87. The molecule has 34 heavy (non-hydrogen) atoms. The van der Waals surface area contributed by atoms with Gasteiger partial charge in [-0.2, -0.15) is 16.8 Å². The first kappa shape index (κ1) is 27.8. The first-order valence-corrected chi connectivity index (χ1v) is 14.0. The maximum atomic E-state index is 12.4. The number of carbonyl (C=O) groups is 1. The highest BCUT2D eigenvalue weighted by molar-refractivity contribution is 7.86. The van der Waals surface area contributed by atoms with E-state index >= 15 is 0 Å². The Kier molecular flexibility index (Phi) is 9.23. The van der Waals surface area contributed by atoms with Crippen LogP contribution in [0.15, 0.2) is 48.5 Å². The molecule has 1 amide bonds. The molecule has 2 aromatic rings. The Morgan fingerprint density at radius 2 is 1.47 bits per heavy atom. The van der Waals surface area contributed by atoms with E-state index in [1.807, 2.05) is 12.1 Å². The standard InChI is InChI=1S/C23H31NO8S2/c1-23(2,3)32-22(25)24-21(20-11-9-19(10-12-20)16-31-33(4,26)27)15-18-7-5-17(6-8-18)13-14-34(28,29)30/h5-12,21H,13-16H2,1-4H3,(H,24,25)(H,28,29,30). The number of amides is 1. The van der Waals surface area contributed by atoms with Crippen molar-refractivity contribution in [1.29, 1.82) is 0 Å². The number of hydrogen-bond acceptors (Lipinski definition) is 7. The molecule has 0 heterocycles. The summed E-state index contributed by atoms with van der Waals surface area (Å²) in [6.07, 6.45) is 1.02. The second-order valence-corrected chi connectivity index (χ2v) is 12.2. The van der Waals surface area contributed by atoms with E-state index in [1.165, 1.54) is 0 Å². The van der Waals surface area contributed by atoms with Gasteiger partial charge in [0.1, 0.15) is 5.60 Å². The summed E-state index contributed by atoms with van der Waals surface area (Å²) in [6.45, 7) is 5.21. The molecule has 0 aromatic heterocycles. The zero-order valence-electron chi connectivity index (χ0n) is 19.6. The van der Waals surface area contributed by atoms with Crippen molar-refractivity contribution in [2.24, 2.45) is 0 Å². The monoisotopic (exact) mass is 513 g/mol. The van der Waals surface area contributed by atoms with E-state index in [0.717, 1.165) is 22.9 Å². The van der Waals surface area contributed by atoms with Crippen LogP contribution in [-0.2, 0) is 48.6 Å². The molecular formula is C23H31NO8S2.